The van der Waals surface area contributed by atoms with Crippen LogP contribution in [0, 0.1) is 0 Å². The normalized spacial score (nSPS) is 12.6. The Hall–Kier alpha value is -2.61. The van der Waals surface area contributed by atoms with E-state index in [4.69, 9.17) is 10.5 Å². The maximum atomic E-state index is 12.3. The standard InChI is InChI=1S/C21H33N3O5/c1-2-3-4-5-6-10-13-17(19(22)26)23-20(27)18(14-25)24-21(28)29-15-16-11-8-7-9-12-16/h7-9,11-12,17-18,25H,2-6,10,13-15H2,1H3,(H2,22,26)(H,23,27)(H,24,28)/t17-,18-/m0/s1. The molecule has 0 saturated heterocycles. The van der Waals surface area contributed by atoms with Crippen molar-refractivity contribution in [3.8, 4) is 0 Å². The van der Waals surface area contributed by atoms with Gasteiger partial charge in [-0.1, -0.05) is 75.8 Å². The van der Waals surface area contributed by atoms with E-state index in [0.29, 0.717) is 6.42 Å². The van der Waals surface area contributed by atoms with Crippen molar-refractivity contribution < 1.29 is 24.2 Å². The van der Waals surface area contributed by atoms with Gasteiger partial charge in [-0.3, -0.25) is 9.59 Å². The molecule has 1 aromatic rings. The number of aliphatic hydroxyl groups excluding tert-OH is 1. The molecule has 8 nitrogen and oxygen atoms in total. The second-order valence-electron chi connectivity index (χ2n) is 6.96. The van der Waals surface area contributed by atoms with E-state index in [1.165, 1.54) is 6.42 Å². The predicted molar refractivity (Wildman–Crippen MR) is 110 cm³/mol. The summed E-state index contributed by atoms with van der Waals surface area (Å²) in [6.07, 6.45) is 5.84. The Morgan fingerprint density at radius 3 is 2.28 bits per heavy atom. The summed E-state index contributed by atoms with van der Waals surface area (Å²) >= 11 is 0. The zero-order valence-electron chi connectivity index (χ0n) is 17.1. The molecule has 1 aromatic carbocycles. The number of alkyl carbamates (subject to hydrolysis) is 1. The number of primary amides is 1. The van der Waals surface area contributed by atoms with Crippen LogP contribution in [-0.2, 0) is 20.9 Å². The maximum Gasteiger partial charge on any atom is 0.408 e. The van der Waals surface area contributed by atoms with E-state index in [9.17, 15) is 19.5 Å². The number of nitrogens with one attached hydrogen (secondary N) is 2. The van der Waals surface area contributed by atoms with Gasteiger partial charge in [0.05, 0.1) is 6.61 Å². The molecular weight excluding hydrogens is 374 g/mol. The van der Waals surface area contributed by atoms with E-state index in [1.807, 2.05) is 18.2 Å². The lowest BCUT2D eigenvalue weighted by atomic mass is 10.0. The summed E-state index contributed by atoms with van der Waals surface area (Å²) in [5, 5.41) is 14.2. The molecule has 162 valence electrons. The topological polar surface area (TPSA) is 131 Å². The largest absolute Gasteiger partial charge is 0.445 e. The molecule has 8 heteroatoms. The molecule has 5 N–H and O–H groups in total. The summed E-state index contributed by atoms with van der Waals surface area (Å²) in [5.41, 5.74) is 6.17. The Labute approximate surface area is 172 Å². The van der Waals surface area contributed by atoms with Crippen LogP contribution < -0.4 is 16.4 Å². The lowest BCUT2D eigenvalue weighted by Gasteiger charge is -2.20. The molecule has 0 heterocycles. The highest BCUT2D eigenvalue weighted by molar-refractivity contribution is 5.90. The van der Waals surface area contributed by atoms with E-state index < -0.39 is 36.6 Å². The third-order valence-corrected chi connectivity index (χ3v) is 4.51. The van der Waals surface area contributed by atoms with E-state index in [0.717, 1.165) is 37.7 Å². The zero-order valence-corrected chi connectivity index (χ0v) is 17.1. The van der Waals surface area contributed by atoms with Crippen molar-refractivity contribution in [3.63, 3.8) is 0 Å². The Bertz CT molecular complexity index is 624. The zero-order chi connectivity index (χ0) is 21.5. The van der Waals surface area contributed by atoms with Crippen LogP contribution in [0.25, 0.3) is 0 Å². The van der Waals surface area contributed by atoms with Crippen LogP contribution in [0.4, 0.5) is 4.79 Å². The summed E-state index contributed by atoms with van der Waals surface area (Å²) in [6.45, 7) is 1.55. The first-order valence-electron chi connectivity index (χ1n) is 10.2. The van der Waals surface area contributed by atoms with E-state index in [1.54, 1.807) is 12.1 Å². The van der Waals surface area contributed by atoms with Crippen molar-refractivity contribution in [2.45, 2.75) is 70.6 Å². The number of carbonyl (C=O) groups excluding carboxylic acids is 3. The van der Waals surface area contributed by atoms with Crippen molar-refractivity contribution in [2.75, 3.05) is 6.61 Å². The molecular formula is C21H33N3O5. The molecule has 0 unspecified atom stereocenters. The van der Waals surface area contributed by atoms with Gasteiger partial charge in [0.15, 0.2) is 0 Å². The predicted octanol–water partition coefficient (Wildman–Crippen LogP) is 1.99. The number of benzene rings is 1. The first kappa shape index (κ1) is 24.4. The highest BCUT2D eigenvalue weighted by atomic mass is 16.5. The van der Waals surface area contributed by atoms with Crippen LogP contribution in [0.2, 0.25) is 0 Å². The van der Waals surface area contributed by atoms with Gasteiger partial charge in [-0.25, -0.2) is 4.79 Å². The molecule has 0 aromatic heterocycles. The van der Waals surface area contributed by atoms with Crippen LogP contribution in [0.5, 0.6) is 0 Å². The monoisotopic (exact) mass is 407 g/mol. The first-order chi connectivity index (χ1) is 14.0. The van der Waals surface area contributed by atoms with Gasteiger partial charge >= 0.3 is 6.09 Å². The molecule has 0 aliphatic heterocycles. The molecule has 0 aliphatic carbocycles. The Kier molecular flexibility index (Phi) is 12.1. The van der Waals surface area contributed by atoms with E-state index >= 15 is 0 Å². The molecule has 0 saturated carbocycles. The lowest BCUT2D eigenvalue weighted by molar-refractivity contribution is -0.129. The number of hydrogen-bond acceptors (Lipinski definition) is 5. The quantitative estimate of drug-likeness (QED) is 0.350. The molecule has 2 atom stereocenters. The summed E-state index contributed by atoms with van der Waals surface area (Å²) in [7, 11) is 0. The number of ether oxygens (including phenoxy) is 1. The smallest absolute Gasteiger partial charge is 0.408 e. The third-order valence-electron chi connectivity index (χ3n) is 4.51. The molecule has 0 fully saturated rings. The summed E-state index contributed by atoms with van der Waals surface area (Å²) < 4.78 is 5.04. The van der Waals surface area contributed by atoms with Gasteiger partial charge in [0, 0.05) is 0 Å². The number of rotatable bonds is 14. The fourth-order valence-corrected chi connectivity index (χ4v) is 2.79. The highest BCUT2D eigenvalue weighted by Gasteiger charge is 2.25. The minimum absolute atomic E-state index is 0.0361. The third kappa shape index (κ3) is 10.5. The van der Waals surface area contributed by atoms with Gasteiger partial charge < -0.3 is 26.2 Å². The molecule has 0 bridgehead atoms. The number of carbonyl (C=O) groups is 3. The first-order valence-corrected chi connectivity index (χ1v) is 10.2. The van der Waals surface area contributed by atoms with Gasteiger partial charge in [-0.2, -0.15) is 0 Å². The van der Waals surface area contributed by atoms with Crippen LogP contribution >= 0.6 is 0 Å². The molecule has 1 rings (SSSR count). The fourth-order valence-electron chi connectivity index (χ4n) is 2.79. The lowest BCUT2D eigenvalue weighted by Crippen LogP contribution is -2.54. The minimum Gasteiger partial charge on any atom is -0.445 e. The van der Waals surface area contributed by atoms with Crippen molar-refractivity contribution in [2.24, 2.45) is 5.73 Å². The second-order valence-corrected chi connectivity index (χ2v) is 6.96. The van der Waals surface area contributed by atoms with Gasteiger partial charge in [-0.05, 0) is 12.0 Å². The van der Waals surface area contributed by atoms with Crippen LogP contribution in [-0.4, -0.2) is 41.7 Å². The Morgan fingerprint density at radius 1 is 1.00 bits per heavy atom. The van der Waals surface area contributed by atoms with E-state index in [2.05, 4.69) is 17.6 Å². The van der Waals surface area contributed by atoms with Crippen molar-refractivity contribution in [1.29, 1.82) is 0 Å². The molecule has 0 spiro atoms. The van der Waals surface area contributed by atoms with E-state index in [-0.39, 0.29) is 6.61 Å². The fraction of sp³-hybridized carbons (Fsp3) is 0.571. The second kappa shape index (κ2) is 14.4. The maximum absolute atomic E-state index is 12.3. The Morgan fingerprint density at radius 2 is 1.66 bits per heavy atom. The average Bonchev–Trinajstić information content (AvgIpc) is 2.72. The van der Waals surface area contributed by atoms with Crippen LogP contribution in [0.3, 0.4) is 0 Å². The SMILES string of the molecule is CCCCCCCC[C@H](NC(=O)[C@H](CO)NC(=O)OCc1ccccc1)C(N)=O. The summed E-state index contributed by atoms with van der Waals surface area (Å²) in [4.78, 5) is 35.8. The number of aliphatic hydroxyl groups is 1. The Balaban J connectivity index is 2.43. The van der Waals surface area contributed by atoms with Crippen molar-refractivity contribution >= 4 is 17.9 Å². The van der Waals surface area contributed by atoms with Gasteiger partial charge in [-0.15, -0.1) is 0 Å². The molecule has 0 radical (unpaired) electrons. The molecule has 0 aliphatic rings. The van der Waals surface area contributed by atoms with Gasteiger partial charge in [0.1, 0.15) is 18.7 Å². The van der Waals surface area contributed by atoms with Gasteiger partial charge in [0.25, 0.3) is 0 Å². The molecule has 3 amide bonds. The number of nitrogens with two attached hydrogens (primary N) is 1. The summed E-state index contributed by atoms with van der Waals surface area (Å²) in [6, 6.07) is 6.99. The average molecular weight is 408 g/mol. The number of hydrogen-bond donors (Lipinski definition) is 4. The van der Waals surface area contributed by atoms with Gasteiger partial charge in [0.2, 0.25) is 11.8 Å². The minimum atomic E-state index is -1.23. The molecule has 29 heavy (non-hydrogen) atoms. The number of amides is 3. The summed E-state index contributed by atoms with van der Waals surface area (Å²) in [5.74, 6) is -1.32. The van der Waals surface area contributed by atoms with Crippen LogP contribution in [0.1, 0.15) is 57.4 Å². The van der Waals surface area contributed by atoms with Crippen molar-refractivity contribution in [3.05, 3.63) is 35.9 Å². The van der Waals surface area contributed by atoms with Crippen molar-refractivity contribution in [1.82, 2.24) is 10.6 Å². The van der Waals surface area contributed by atoms with Crippen LogP contribution in [0.15, 0.2) is 30.3 Å². The number of unbranched alkanes of at least 4 members (excludes halogenated alkanes) is 5. The highest BCUT2D eigenvalue weighted by Crippen LogP contribution is 2.09.